The number of rotatable bonds is 4. The van der Waals surface area contributed by atoms with E-state index in [1.54, 1.807) is 6.92 Å². The number of hydrogen-bond donors (Lipinski definition) is 1. The summed E-state index contributed by atoms with van der Waals surface area (Å²) in [6.45, 7) is 1.75. The lowest BCUT2D eigenvalue weighted by Crippen LogP contribution is -2.25. The molecule has 0 spiro atoms. The molecule has 1 rings (SSSR count). The molecule has 1 atom stereocenters. The fourth-order valence-corrected chi connectivity index (χ4v) is 1.83. The third-order valence-electron chi connectivity index (χ3n) is 1.90. The van der Waals surface area contributed by atoms with Gasteiger partial charge in [-0.25, -0.2) is 13.4 Å². The van der Waals surface area contributed by atoms with Gasteiger partial charge in [0.2, 0.25) is 5.91 Å². The molecule has 1 heterocycles. The Balaban J connectivity index is 3.08. The van der Waals surface area contributed by atoms with Crippen LogP contribution in [0.3, 0.4) is 0 Å². The molecule has 1 aromatic rings. The first-order chi connectivity index (χ1) is 6.86. The number of nitrogens with zero attached hydrogens (tertiary/aromatic N) is 2. The van der Waals surface area contributed by atoms with Crippen LogP contribution in [-0.4, -0.2) is 23.9 Å². The zero-order valence-electron chi connectivity index (χ0n) is 7.92. The molecule has 8 heteroatoms. The third-order valence-corrected chi connectivity index (χ3v) is 3.09. The van der Waals surface area contributed by atoms with E-state index in [1.165, 1.54) is 17.1 Å². The number of aromatic nitrogens is 2. The van der Waals surface area contributed by atoms with Gasteiger partial charge in [-0.3, -0.25) is 4.79 Å². The molecule has 0 aromatic carbocycles. The number of hydrogen-bond acceptors (Lipinski definition) is 4. The molecule has 0 aliphatic heterocycles. The van der Waals surface area contributed by atoms with Crippen molar-refractivity contribution in [2.75, 3.05) is 0 Å². The minimum absolute atomic E-state index is 0.288. The Morgan fingerprint density at radius 1 is 1.73 bits per heavy atom. The van der Waals surface area contributed by atoms with Gasteiger partial charge in [0.25, 0.3) is 9.05 Å². The van der Waals surface area contributed by atoms with Crippen LogP contribution in [-0.2, 0) is 13.8 Å². The summed E-state index contributed by atoms with van der Waals surface area (Å²) >= 11 is 0. The predicted molar refractivity (Wildman–Crippen MR) is 53.8 cm³/mol. The largest absolute Gasteiger partial charge is 0.368 e. The number of halogens is 1. The van der Waals surface area contributed by atoms with Crippen molar-refractivity contribution < 1.29 is 13.2 Å². The highest BCUT2D eigenvalue weighted by atomic mass is 35.7. The van der Waals surface area contributed by atoms with E-state index in [9.17, 15) is 13.2 Å². The molecule has 0 aliphatic rings. The van der Waals surface area contributed by atoms with E-state index in [0.717, 1.165) is 0 Å². The first-order valence-electron chi connectivity index (χ1n) is 4.13. The van der Waals surface area contributed by atoms with E-state index in [0.29, 0.717) is 6.42 Å². The number of carbonyl (C=O) groups is 1. The quantitative estimate of drug-likeness (QED) is 0.776. The maximum absolute atomic E-state index is 11.0. The summed E-state index contributed by atoms with van der Waals surface area (Å²) in [4.78, 5) is 14.6. The van der Waals surface area contributed by atoms with Crippen molar-refractivity contribution in [1.29, 1.82) is 0 Å². The first kappa shape index (κ1) is 12.0. The van der Waals surface area contributed by atoms with Crippen molar-refractivity contribution in [2.45, 2.75) is 24.4 Å². The molecule has 0 aliphatic carbocycles. The molecule has 1 amide bonds. The number of primary amides is 1. The second-order valence-electron chi connectivity index (χ2n) is 2.92. The molecule has 0 fully saturated rings. The Morgan fingerprint density at radius 2 is 2.33 bits per heavy atom. The lowest BCUT2D eigenvalue weighted by Gasteiger charge is -2.10. The average molecular weight is 252 g/mol. The van der Waals surface area contributed by atoms with E-state index >= 15 is 0 Å². The summed E-state index contributed by atoms with van der Waals surface area (Å²) in [6.07, 6.45) is 2.85. The number of carbonyl (C=O) groups excluding carboxylic acids is 1. The zero-order valence-corrected chi connectivity index (χ0v) is 9.49. The molecule has 84 valence electrons. The van der Waals surface area contributed by atoms with E-state index in [1.807, 2.05) is 0 Å². The molecule has 15 heavy (non-hydrogen) atoms. The summed E-state index contributed by atoms with van der Waals surface area (Å²) in [5.41, 5.74) is 5.13. The van der Waals surface area contributed by atoms with Crippen LogP contribution < -0.4 is 5.73 Å². The van der Waals surface area contributed by atoms with Gasteiger partial charge in [-0.2, -0.15) is 0 Å². The molecule has 1 unspecified atom stereocenters. The minimum Gasteiger partial charge on any atom is -0.368 e. The molecular weight excluding hydrogens is 242 g/mol. The third kappa shape index (κ3) is 2.69. The van der Waals surface area contributed by atoms with Crippen molar-refractivity contribution in [3.8, 4) is 0 Å². The Bertz CT molecular complexity index is 468. The monoisotopic (exact) mass is 251 g/mol. The summed E-state index contributed by atoms with van der Waals surface area (Å²) in [6, 6.07) is -0.607. The van der Waals surface area contributed by atoms with Crippen LogP contribution >= 0.6 is 10.7 Å². The summed E-state index contributed by atoms with van der Waals surface area (Å²) < 4.78 is 23.1. The van der Waals surface area contributed by atoms with Crippen LogP contribution in [0, 0.1) is 0 Å². The second-order valence-corrected chi connectivity index (χ2v) is 5.44. The van der Waals surface area contributed by atoms with Crippen LogP contribution in [0.15, 0.2) is 17.6 Å². The molecule has 0 saturated carbocycles. The van der Waals surface area contributed by atoms with Gasteiger partial charge in [0, 0.05) is 16.9 Å². The van der Waals surface area contributed by atoms with Crippen molar-refractivity contribution in [3.05, 3.63) is 12.5 Å². The minimum atomic E-state index is -3.86. The molecule has 0 saturated heterocycles. The topological polar surface area (TPSA) is 95.1 Å². The molecule has 1 aromatic heterocycles. The van der Waals surface area contributed by atoms with E-state index < -0.39 is 21.0 Å². The van der Waals surface area contributed by atoms with E-state index in [-0.39, 0.29) is 5.03 Å². The highest BCUT2D eigenvalue weighted by molar-refractivity contribution is 8.13. The maximum atomic E-state index is 11.0. The number of nitrogens with two attached hydrogens (primary N) is 1. The number of amides is 1. The Labute approximate surface area is 91.5 Å². The fourth-order valence-electron chi connectivity index (χ4n) is 1.17. The Kier molecular flexibility index (Phi) is 3.35. The van der Waals surface area contributed by atoms with Gasteiger partial charge in [0.15, 0.2) is 5.03 Å². The zero-order chi connectivity index (χ0) is 11.6. The van der Waals surface area contributed by atoms with Crippen molar-refractivity contribution in [2.24, 2.45) is 5.73 Å². The highest BCUT2D eigenvalue weighted by Gasteiger charge is 2.19. The molecule has 2 N–H and O–H groups in total. The fraction of sp³-hybridized carbons (Fsp3) is 0.429. The normalized spacial score (nSPS) is 13.7. The van der Waals surface area contributed by atoms with Gasteiger partial charge in [-0.1, -0.05) is 6.92 Å². The Morgan fingerprint density at radius 3 is 2.67 bits per heavy atom. The smallest absolute Gasteiger partial charge is 0.280 e. The van der Waals surface area contributed by atoms with Gasteiger partial charge in [-0.15, -0.1) is 0 Å². The lowest BCUT2D eigenvalue weighted by atomic mass is 10.2. The summed E-state index contributed by atoms with van der Waals surface area (Å²) in [5, 5.41) is -0.288. The number of imidazole rings is 1. The van der Waals surface area contributed by atoms with Crippen LogP contribution in [0.5, 0.6) is 0 Å². The first-order valence-corrected chi connectivity index (χ1v) is 6.44. The molecule has 6 nitrogen and oxygen atoms in total. The van der Waals surface area contributed by atoms with Gasteiger partial charge in [0.1, 0.15) is 6.04 Å². The van der Waals surface area contributed by atoms with Gasteiger partial charge < -0.3 is 10.3 Å². The molecular formula is C7H10ClN3O3S. The van der Waals surface area contributed by atoms with Crippen molar-refractivity contribution >= 4 is 25.6 Å². The maximum Gasteiger partial charge on any atom is 0.280 e. The highest BCUT2D eigenvalue weighted by Crippen LogP contribution is 2.16. The molecule has 0 bridgehead atoms. The lowest BCUT2D eigenvalue weighted by molar-refractivity contribution is -0.121. The van der Waals surface area contributed by atoms with Crippen LogP contribution in [0.1, 0.15) is 19.4 Å². The van der Waals surface area contributed by atoms with Gasteiger partial charge in [-0.05, 0) is 6.42 Å². The van der Waals surface area contributed by atoms with Crippen LogP contribution in [0.25, 0.3) is 0 Å². The van der Waals surface area contributed by atoms with Gasteiger partial charge >= 0.3 is 0 Å². The van der Waals surface area contributed by atoms with Crippen LogP contribution in [0.4, 0.5) is 0 Å². The molecule has 0 radical (unpaired) electrons. The summed E-state index contributed by atoms with van der Waals surface area (Å²) in [5.74, 6) is -0.548. The standard InChI is InChI=1S/C7H10ClN3O3S/c1-2-5(7(9)12)11-3-6(10-4-11)15(8,13)14/h3-5H,2H2,1H3,(H2,9,12). The average Bonchev–Trinajstić information content (AvgIpc) is 2.52. The SMILES string of the molecule is CCC(C(N)=O)n1cnc(S(=O)(=O)Cl)c1. The second kappa shape index (κ2) is 4.19. The van der Waals surface area contributed by atoms with E-state index in [4.69, 9.17) is 16.4 Å². The Hall–Kier alpha value is -1.08. The van der Waals surface area contributed by atoms with E-state index in [2.05, 4.69) is 4.98 Å². The predicted octanol–water partition coefficient (Wildman–Crippen LogP) is 0.247. The van der Waals surface area contributed by atoms with Crippen molar-refractivity contribution in [1.82, 2.24) is 9.55 Å². The summed E-state index contributed by atoms with van der Waals surface area (Å²) in [7, 11) is 1.22. The van der Waals surface area contributed by atoms with Crippen LogP contribution in [0.2, 0.25) is 0 Å². The van der Waals surface area contributed by atoms with Gasteiger partial charge in [0.05, 0.1) is 6.33 Å². The van der Waals surface area contributed by atoms with Crippen molar-refractivity contribution in [3.63, 3.8) is 0 Å².